The fourth-order valence-electron chi connectivity index (χ4n) is 0.908. The average molecular weight is 296 g/mol. The van der Waals surface area contributed by atoms with E-state index < -0.39 is 0 Å². The highest BCUT2D eigenvalue weighted by molar-refractivity contribution is 9.13. The van der Waals surface area contributed by atoms with Crippen molar-refractivity contribution in [3.05, 3.63) is 15.0 Å². The molecule has 0 N–H and O–H groups in total. The molecular formula is C7H8Br2N2O. The summed E-state index contributed by atoms with van der Waals surface area (Å²) in [7, 11) is 0. The van der Waals surface area contributed by atoms with Crippen molar-refractivity contribution in [3.63, 3.8) is 0 Å². The van der Waals surface area contributed by atoms with Crippen LogP contribution in [0, 0.1) is 6.92 Å². The van der Waals surface area contributed by atoms with Crippen LogP contribution in [0.2, 0.25) is 0 Å². The van der Waals surface area contributed by atoms with Crippen LogP contribution < -0.4 is 0 Å². The minimum absolute atomic E-state index is 0.115. The molecular weight excluding hydrogens is 288 g/mol. The Hall–Kier alpha value is -0.160. The Labute approximate surface area is 87.4 Å². The van der Waals surface area contributed by atoms with Crippen LogP contribution in [0.4, 0.5) is 0 Å². The summed E-state index contributed by atoms with van der Waals surface area (Å²) in [5.74, 6) is 0.938. The fraction of sp³-hybridized carbons (Fsp3) is 0.429. The van der Waals surface area contributed by atoms with Crippen molar-refractivity contribution < 1.29 is 4.79 Å². The molecule has 0 aliphatic carbocycles. The maximum absolute atomic E-state index is 10.8. The Balaban J connectivity index is 3.05. The number of rotatable bonds is 2. The SMILES string of the molecule is CC(=O)Cn1c(C)nc(Br)c1Br. The van der Waals surface area contributed by atoms with E-state index in [0.29, 0.717) is 6.54 Å². The second-order valence-corrected chi connectivity index (χ2v) is 4.03. The molecule has 12 heavy (non-hydrogen) atoms. The van der Waals surface area contributed by atoms with Crippen LogP contribution in [0.15, 0.2) is 9.21 Å². The number of hydrogen-bond donors (Lipinski definition) is 0. The number of aromatic nitrogens is 2. The number of nitrogens with zero attached hydrogens (tertiary/aromatic N) is 2. The van der Waals surface area contributed by atoms with E-state index in [4.69, 9.17) is 0 Å². The van der Waals surface area contributed by atoms with E-state index in [-0.39, 0.29) is 5.78 Å². The molecule has 1 heterocycles. The smallest absolute Gasteiger partial charge is 0.149 e. The quantitative estimate of drug-likeness (QED) is 0.839. The summed E-state index contributed by atoms with van der Waals surface area (Å²) in [6.45, 7) is 3.78. The number of carbonyl (C=O) groups is 1. The van der Waals surface area contributed by atoms with Crippen LogP contribution >= 0.6 is 31.9 Å². The van der Waals surface area contributed by atoms with Crippen LogP contribution in [0.25, 0.3) is 0 Å². The van der Waals surface area contributed by atoms with Gasteiger partial charge in [0.15, 0.2) is 0 Å². The van der Waals surface area contributed by atoms with Crippen molar-refractivity contribution in [3.8, 4) is 0 Å². The van der Waals surface area contributed by atoms with Crippen molar-refractivity contribution in [1.29, 1.82) is 0 Å². The van der Waals surface area contributed by atoms with E-state index in [1.165, 1.54) is 0 Å². The molecule has 0 radical (unpaired) electrons. The largest absolute Gasteiger partial charge is 0.314 e. The van der Waals surface area contributed by atoms with Gasteiger partial charge in [-0.2, -0.15) is 0 Å². The highest BCUT2D eigenvalue weighted by Crippen LogP contribution is 2.23. The summed E-state index contributed by atoms with van der Waals surface area (Å²) in [4.78, 5) is 15.0. The highest BCUT2D eigenvalue weighted by atomic mass is 79.9. The number of hydrogen-bond acceptors (Lipinski definition) is 2. The van der Waals surface area contributed by atoms with Crippen LogP contribution in [0.1, 0.15) is 12.7 Å². The molecule has 0 saturated carbocycles. The third kappa shape index (κ3) is 1.95. The molecule has 0 unspecified atom stereocenters. The Morgan fingerprint density at radius 3 is 2.50 bits per heavy atom. The minimum atomic E-state index is 0.115. The lowest BCUT2D eigenvalue weighted by Gasteiger charge is -2.02. The molecule has 0 atom stereocenters. The number of carbonyl (C=O) groups excluding carboxylic acids is 1. The number of imidazole rings is 1. The van der Waals surface area contributed by atoms with Gasteiger partial charge in [0.2, 0.25) is 0 Å². The van der Waals surface area contributed by atoms with Gasteiger partial charge in [0.05, 0.1) is 6.54 Å². The van der Waals surface area contributed by atoms with E-state index in [0.717, 1.165) is 15.0 Å². The second kappa shape index (κ2) is 3.70. The molecule has 1 aromatic heterocycles. The molecule has 0 amide bonds. The lowest BCUT2D eigenvalue weighted by atomic mass is 10.4. The van der Waals surface area contributed by atoms with Crippen LogP contribution in [-0.4, -0.2) is 15.3 Å². The van der Waals surface area contributed by atoms with Gasteiger partial charge in [0.25, 0.3) is 0 Å². The molecule has 0 aliphatic rings. The van der Waals surface area contributed by atoms with E-state index in [2.05, 4.69) is 36.8 Å². The van der Waals surface area contributed by atoms with Crippen LogP contribution in [-0.2, 0) is 11.3 Å². The molecule has 1 aromatic rings. The molecule has 3 nitrogen and oxygen atoms in total. The van der Waals surface area contributed by atoms with Gasteiger partial charge in [0, 0.05) is 0 Å². The summed E-state index contributed by atoms with van der Waals surface area (Å²) >= 11 is 6.60. The molecule has 5 heteroatoms. The molecule has 0 saturated heterocycles. The topological polar surface area (TPSA) is 34.9 Å². The first kappa shape index (κ1) is 9.92. The van der Waals surface area contributed by atoms with E-state index >= 15 is 0 Å². The highest BCUT2D eigenvalue weighted by Gasteiger charge is 2.10. The van der Waals surface area contributed by atoms with Gasteiger partial charge in [-0.15, -0.1) is 0 Å². The standard InChI is InChI=1S/C7H8Br2N2O/c1-4(12)3-11-5(2)10-6(8)7(11)9/h3H2,1-2H3. The third-order valence-electron chi connectivity index (χ3n) is 1.44. The zero-order valence-corrected chi connectivity index (χ0v) is 9.94. The summed E-state index contributed by atoms with van der Waals surface area (Å²) in [5.41, 5.74) is 0. The van der Waals surface area contributed by atoms with Gasteiger partial charge in [-0.3, -0.25) is 4.79 Å². The Bertz CT molecular complexity index is 319. The molecule has 1 rings (SSSR count). The predicted molar refractivity (Wildman–Crippen MR) is 53.0 cm³/mol. The van der Waals surface area contributed by atoms with E-state index in [9.17, 15) is 4.79 Å². The molecule has 66 valence electrons. The van der Waals surface area contributed by atoms with Crippen LogP contribution in [0.3, 0.4) is 0 Å². The zero-order valence-electron chi connectivity index (χ0n) is 6.77. The Kier molecular flexibility index (Phi) is 3.06. The van der Waals surface area contributed by atoms with Crippen molar-refractivity contribution in [2.45, 2.75) is 20.4 Å². The van der Waals surface area contributed by atoms with Crippen LogP contribution in [0.5, 0.6) is 0 Å². The lowest BCUT2D eigenvalue weighted by molar-refractivity contribution is -0.117. The lowest BCUT2D eigenvalue weighted by Crippen LogP contribution is -2.07. The molecule has 0 spiro atoms. The minimum Gasteiger partial charge on any atom is -0.314 e. The van der Waals surface area contributed by atoms with Gasteiger partial charge in [-0.05, 0) is 45.7 Å². The van der Waals surface area contributed by atoms with Crippen molar-refractivity contribution in [2.75, 3.05) is 0 Å². The fourth-order valence-corrected chi connectivity index (χ4v) is 1.85. The average Bonchev–Trinajstić information content (AvgIpc) is 2.16. The molecule has 0 aliphatic heterocycles. The first-order valence-electron chi connectivity index (χ1n) is 3.40. The van der Waals surface area contributed by atoms with E-state index in [1.54, 1.807) is 6.92 Å². The first-order valence-corrected chi connectivity index (χ1v) is 4.98. The number of ketones is 1. The number of aryl methyl sites for hydroxylation is 1. The number of halogens is 2. The predicted octanol–water partition coefficient (Wildman–Crippen LogP) is 2.31. The van der Waals surface area contributed by atoms with Gasteiger partial charge < -0.3 is 4.57 Å². The summed E-state index contributed by atoms with van der Waals surface area (Å²) in [6, 6.07) is 0. The number of Topliss-reactive ketones (excluding diaryl/α,β-unsaturated/α-hetero) is 1. The van der Waals surface area contributed by atoms with E-state index in [1.807, 2.05) is 11.5 Å². The van der Waals surface area contributed by atoms with Gasteiger partial charge in [0.1, 0.15) is 20.8 Å². The molecule has 0 fully saturated rings. The van der Waals surface area contributed by atoms with Gasteiger partial charge in [-0.25, -0.2) is 4.98 Å². The zero-order chi connectivity index (χ0) is 9.30. The maximum atomic E-state index is 10.8. The monoisotopic (exact) mass is 294 g/mol. The third-order valence-corrected chi connectivity index (χ3v) is 3.33. The van der Waals surface area contributed by atoms with Crippen molar-refractivity contribution in [1.82, 2.24) is 9.55 Å². The maximum Gasteiger partial charge on any atom is 0.149 e. The Morgan fingerprint density at radius 2 is 2.17 bits per heavy atom. The first-order chi connectivity index (χ1) is 5.52. The van der Waals surface area contributed by atoms with Gasteiger partial charge in [-0.1, -0.05) is 0 Å². The normalized spacial score (nSPS) is 10.3. The Morgan fingerprint density at radius 1 is 1.58 bits per heavy atom. The summed E-state index contributed by atoms with van der Waals surface area (Å²) < 4.78 is 3.36. The van der Waals surface area contributed by atoms with Crippen molar-refractivity contribution >= 4 is 37.6 Å². The molecule has 0 aromatic carbocycles. The second-order valence-electron chi connectivity index (χ2n) is 2.53. The summed E-state index contributed by atoms with van der Waals surface area (Å²) in [5, 5.41) is 0. The van der Waals surface area contributed by atoms with Crippen molar-refractivity contribution in [2.24, 2.45) is 0 Å². The van der Waals surface area contributed by atoms with Gasteiger partial charge >= 0.3 is 0 Å². The molecule has 0 bridgehead atoms. The summed E-state index contributed by atoms with van der Waals surface area (Å²) in [6.07, 6.45) is 0.